The summed E-state index contributed by atoms with van der Waals surface area (Å²) in [6.45, 7) is 10.4. The van der Waals surface area contributed by atoms with Crippen LogP contribution < -0.4 is 4.74 Å². The number of nitrogens with zero attached hydrogens (tertiary/aromatic N) is 1. The molecule has 1 atom stereocenters. The summed E-state index contributed by atoms with van der Waals surface area (Å²) in [6, 6.07) is 4.05. The minimum atomic E-state index is -1.29. The summed E-state index contributed by atoms with van der Waals surface area (Å²) in [4.78, 5) is 24.9. The van der Waals surface area contributed by atoms with Crippen molar-refractivity contribution >= 4 is 12.1 Å². The maximum absolute atomic E-state index is 11.9. The first kappa shape index (κ1) is 19.1. The van der Waals surface area contributed by atoms with E-state index in [0.29, 0.717) is 25.4 Å². The number of hydrogen-bond acceptors (Lipinski definition) is 4. The van der Waals surface area contributed by atoms with Gasteiger partial charge in [-0.25, -0.2) is 9.59 Å². The van der Waals surface area contributed by atoms with Gasteiger partial charge in [0.15, 0.2) is 5.60 Å². The van der Waals surface area contributed by atoms with Crippen LogP contribution in [0.4, 0.5) is 4.79 Å². The van der Waals surface area contributed by atoms with Gasteiger partial charge < -0.3 is 19.5 Å². The molecule has 138 valence electrons. The molecule has 1 fully saturated rings. The molecule has 0 aromatic heterocycles. The van der Waals surface area contributed by atoms with Crippen LogP contribution >= 0.6 is 0 Å². The molecular weight excluding hydrogens is 322 g/mol. The van der Waals surface area contributed by atoms with E-state index in [1.54, 1.807) is 11.8 Å². The molecule has 1 unspecified atom stereocenters. The van der Waals surface area contributed by atoms with Gasteiger partial charge in [-0.2, -0.15) is 0 Å². The van der Waals surface area contributed by atoms with E-state index in [9.17, 15) is 14.7 Å². The Labute approximate surface area is 148 Å². The Balaban J connectivity index is 2.18. The fraction of sp³-hybridized carbons (Fsp3) is 0.579. The maximum Gasteiger partial charge on any atom is 0.409 e. The van der Waals surface area contributed by atoms with E-state index in [-0.39, 0.29) is 12.0 Å². The Kier molecular flexibility index (Phi) is 5.60. The fourth-order valence-electron chi connectivity index (χ4n) is 3.09. The first-order valence-corrected chi connectivity index (χ1v) is 8.61. The molecule has 0 bridgehead atoms. The van der Waals surface area contributed by atoms with Crippen LogP contribution in [0.5, 0.6) is 5.75 Å². The predicted molar refractivity (Wildman–Crippen MR) is 94.2 cm³/mol. The molecule has 1 aliphatic heterocycles. The fourth-order valence-corrected chi connectivity index (χ4v) is 3.09. The van der Waals surface area contributed by atoms with Crippen molar-refractivity contribution in [3.05, 3.63) is 28.8 Å². The lowest BCUT2D eigenvalue weighted by Gasteiger charge is -2.25. The van der Waals surface area contributed by atoms with Crippen molar-refractivity contribution in [2.45, 2.75) is 52.6 Å². The van der Waals surface area contributed by atoms with Crippen LogP contribution in [0.2, 0.25) is 0 Å². The first-order valence-electron chi connectivity index (χ1n) is 8.61. The van der Waals surface area contributed by atoms with Crippen molar-refractivity contribution in [3.63, 3.8) is 0 Å². The van der Waals surface area contributed by atoms with E-state index in [1.165, 1.54) is 13.8 Å². The lowest BCUT2D eigenvalue weighted by atomic mass is 9.94. The second kappa shape index (κ2) is 7.33. The van der Waals surface area contributed by atoms with Crippen molar-refractivity contribution in [1.82, 2.24) is 4.90 Å². The first-order chi connectivity index (χ1) is 11.7. The molecule has 1 aliphatic rings. The predicted octanol–water partition coefficient (Wildman–Crippen LogP) is 3.49. The Morgan fingerprint density at radius 1 is 1.28 bits per heavy atom. The monoisotopic (exact) mass is 349 g/mol. The summed E-state index contributed by atoms with van der Waals surface area (Å²) in [5, 5.41) is 9.26. The van der Waals surface area contributed by atoms with E-state index < -0.39 is 11.6 Å². The SMILES string of the molecule is CCOC(=O)N1CCC(c2cc(C)c(OC(C)(C)C(=O)O)c(C)c2)C1. The largest absolute Gasteiger partial charge is 0.478 e. The summed E-state index contributed by atoms with van der Waals surface area (Å²) >= 11 is 0. The molecule has 1 heterocycles. The average molecular weight is 349 g/mol. The van der Waals surface area contributed by atoms with Crippen LogP contribution in [0.1, 0.15) is 49.8 Å². The second-order valence-corrected chi connectivity index (χ2v) is 7.03. The van der Waals surface area contributed by atoms with Crippen LogP contribution in [-0.2, 0) is 9.53 Å². The Bertz CT molecular complexity index is 645. The smallest absolute Gasteiger partial charge is 0.409 e. The topological polar surface area (TPSA) is 76.1 Å². The summed E-state index contributed by atoms with van der Waals surface area (Å²) in [7, 11) is 0. The molecule has 1 amide bonds. The van der Waals surface area contributed by atoms with Gasteiger partial charge in [0.1, 0.15) is 5.75 Å². The number of rotatable bonds is 5. The van der Waals surface area contributed by atoms with E-state index in [4.69, 9.17) is 9.47 Å². The Morgan fingerprint density at radius 3 is 2.40 bits per heavy atom. The van der Waals surface area contributed by atoms with E-state index >= 15 is 0 Å². The van der Waals surface area contributed by atoms with Crippen molar-refractivity contribution in [2.24, 2.45) is 0 Å². The van der Waals surface area contributed by atoms with Crippen LogP contribution in [0.3, 0.4) is 0 Å². The number of carboxylic acids is 1. The molecule has 1 saturated heterocycles. The molecule has 25 heavy (non-hydrogen) atoms. The molecule has 1 N–H and O–H groups in total. The van der Waals surface area contributed by atoms with Crippen LogP contribution in [0.25, 0.3) is 0 Å². The standard InChI is InChI=1S/C19H27NO5/c1-6-24-18(23)20-8-7-14(11-20)15-9-12(2)16(13(3)10-15)25-19(4,5)17(21)22/h9-10,14H,6-8,11H2,1-5H3,(H,21,22). The number of aliphatic carboxylic acids is 1. The van der Waals surface area contributed by atoms with Crippen LogP contribution in [0, 0.1) is 13.8 Å². The highest BCUT2D eigenvalue weighted by Gasteiger charge is 2.32. The average Bonchev–Trinajstić information content (AvgIpc) is 3.01. The number of carboxylic acid groups (broad SMARTS) is 1. The maximum atomic E-state index is 11.9. The minimum Gasteiger partial charge on any atom is -0.478 e. The minimum absolute atomic E-state index is 0.253. The van der Waals surface area contributed by atoms with E-state index in [2.05, 4.69) is 0 Å². The number of ether oxygens (including phenoxy) is 2. The highest BCUT2D eigenvalue weighted by atomic mass is 16.6. The van der Waals surface area contributed by atoms with Gasteiger partial charge in [0.25, 0.3) is 0 Å². The number of carbonyl (C=O) groups is 2. The van der Waals surface area contributed by atoms with Crippen LogP contribution in [0.15, 0.2) is 12.1 Å². The molecular formula is C19H27NO5. The molecule has 0 spiro atoms. The number of likely N-dealkylation sites (tertiary alicyclic amines) is 1. The molecule has 1 aromatic carbocycles. The summed E-state index contributed by atoms with van der Waals surface area (Å²) in [5.41, 5.74) is 1.66. The zero-order valence-electron chi connectivity index (χ0n) is 15.6. The lowest BCUT2D eigenvalue weighted by Crippen LogP contribution is -2.38. The quantitative estimate of drug-likeness (QED) is 0.880. The van der Waals surface area contributed by atoms with Gasteiger partial charge in [0, 0.05) is 19.0 Å². The van der Waals surface area contributed by atoms with Crippen molar-refractivity contribution in [3.8, 4) is 5.75 Å². The third kappa shape index (κ3) is 4.24. The summed E-state index contributed by atoms with van der Waals surface area (Å²) in [6.07, 6.45) is 0.625. The van der Waals surface area contributed by atoms with Crippen molar-refractivity contribution in [2.75, 3.05) is 19.7 Å². The van der Waals surface area contributed by atoms with Crippen molar-refractivity contribution < 1.29 is 24.2 Å². The number of aryl methyl sites for hydroxylation is 2. The summed E-state index contributed by atoms with van der Waals surface area (Å²) in [5.74, 6) is -0.143. The normalized spacial score (nSPS) is 17.5. The number of benzene rings is 1. The van der Waals surface area contributed by atoms with E-state index in [0.717, 1.165) is 23.1 Å². The number of amides is 1. The molecule has 2 rings (SSSR count). The van der Waals surface area contributed by atoms with Crippen molar-refractivity contribution in [1.29, 1.82) is 0 Å². The highest BCUT2D eigenvalue weighted by molar-refractivity contribution is 5.77. The van der Waals surface area contributed by atoms with Gasteiger partial charge in [0.05, 0.1) is 6.61 Å². The number of hydrogen-bond donors (Lipinski definition) is 1. The van der Waals surface area contributed by atoms with Crippen LogP contribution in [-0.4, -0.2) is 47.4 Å². The highest BCUT2D eigenvalue weighted by Crippen LogP contribution is 2.34. The van der Waals surface area contributed by atoms with Gasteiger partial charge in [-0.3, -0.25) is 0 Å². The Hall–Kier alpha value is -2.24. The summed E-state index contributed by atoms with van der Waals surface area (Å²) < 4.78 is 10.8. The van der Waals surface area contributed by atoms with E-state index in [1.807, 2.05) is 26.0 Å². The zero-order valence-corrected chi connectivity index (χ0v) is 15.6. The second-order valence-electron chi connectivity index (χ2n) is 7.03. The molecule has 1 aromatic rings. The third-order valence-electron chi connectivity index (χ3n) is 4.54. The molecule has 6 nitrogen and oxygen atoms in total. The molecule has 6 heteroatoms. The van der Waals surface area contributed by atoms with Gasteiger partial charge in [-0.05, 0) is 57.7 Å². The van der Waals surface area contributed by atoms with Gasteiger partial charge in [-0.1, -0.05) is 12.1 Å². The number of carbonyl (C=O) groups excluding carboxylic acids is 1. The zero-order chi connectivity index (χ0) is 18.8. The van der Waals surface area contributed by atoms with Gasteiger partial charge in [-0.15, -0.1) is 0 Å². The molecule has 0 aliphatic carbocycles. The molecule has 0 radical (unpaired) electrons. The van der Waals surface area contributed by atoms with Gasteiger partial charge in [0.2, 0.25) is 0 Å². The lowest BCUT2D eigenvalue weighted by molar-refractivity contribution is -0.152. The Morgan fingerprint density at radius 2 is 1.88 bits per heavy atom. The molecule has 0 saturated carbocycles. The third-order valence-corrected chi connectivity index (χ3v) is 4.54. The van der Waals surface area contributed by atoms with Gasteiger partial charge >= 0.3 is 12.1 Å².